The number of benzene rings is 2. The lowest BCUT2D eigenvalue weighted by atomic mass is 10.3. The smallest absolute Gasteiger partial charge is 0.264 e. The Kier molecular flexibility index (Phi) is 4.06. The van der Waals surface area contributed by atoms with Crippen molar-refractivity contribution in [2.24, 2.45) is 0 Å². The monoisotopic (exact) mass is 325 g/mol. The third kappa shape index (κ3) is 3.25. The molecule has 0 bridgehead atoms. The normalized spacial score (nSPS) is 12.1. The molecule has 0 N–H and O–H groups in total. The topological polar surface area (TPSA) is 71.5 Å². The van der Waals surface area contributed by atoms with Crippen LogP contribution in [0.5, 0.6) is 0 Å². The summed E-state index contributed by atoms with van der Waals surface area (Å²) >= 11 is 0. The molecule has 0 amide bonds. The van der Waals surface area contributed by atoms with Crippen molar-refractivity contribution in [3.05, 3.63) is 54.6 Å². The van der Waals surface area contributed by atoms with Gasteiger partial charge >= 0.3 is 0 Å². The molecule has 2 rings (SSSR count). The van der Waals surface area contributed by atoms with Crippen LogP contribution >= 0.6 is 0 Å². The summed E-state index contributed by atoms with van der Waals surface area (Å²) in [5, 5.41) is 0. The van der Waals surface area contributed by atoms with Gasteiger partial charge in [-0.3, -0.25) is 4.31 Å². The third-order valence-corrected chi connectivity index (χ3v) is 5.90. The molecule has 7 heteroatoms. The van der Waals surface area contributed by atoms with Crippen molar-refractivity contribution < 1.29 is 16.8 Å². The van der Waals surface area contributed by atoms with Crippen LogP contribution in [-0.4, -0.2) is 30.1 Å². The SMILES string of the molecule is CN(c1ccccc1)S(=O)(=O)c1cccc(S(C)(=O)=O)c1. The summed E-state index contributed by atoms with van der Waals surface area (Å²) in [7, 11) is -5.84. The molecule has 0 atom stereocenters. The zero-order valence-electron chi connectivity index (χ0n) is 11.6. The highest BCUT2D eigenvalue weighted by Crippen LogP contribution is 2.23. The van der Waals surface area contributed by atoms with Crippen molar-refractivity contribution in [3.8, 4) is 0 Å². The van der Waals surface area contributed by atoms with Crippen molar-refractivity contribution in [1.82, 2.24) is 0 Å². The Labute approximate surface area is 124 Å². The number of hydrogen-bond acceptors (Lipinski definition) is 4. The Hall–Kier alpha value is -1.86. The molecule has 112 valence electrons. The van der Waals surface area contributed by atoms with Crippen molar-refractivity contribution in [2.45, 2.75) is 9.79 Å². The van der Waals surface area contributed by atoms with Crippen LogP contribution in [0.2, 0.25) is 0 Å². The van der Waals surface area contributed by atoms with Crippen molar-refractivity contribution in [3.63, 3.8) is 0 Å². The first-order chi connectivity index (χ1) is 9.73. The second-order valence-electron chi connectivity index (χ2n) is 4.56. The molecule has 5 nitrogen and oxygen atoms in total. The first-order valence-electron chi connectivity index (χ1n) is 6.07. The van der Waals surface area contributed by atoms with Gasteiger partial charge in [-0.05, 0) is 30.3 Å². The van der Waals surface area contributed by atoms with E-state index < -0.39 is 19.9 Å². The summed E-state index contributed by atoms with van der Waals surface area (Å²) < 4.78 is 49.3. The summed E-state index contributed by atoms with van der Waals surface area (Å²) in [4.78, 5) is -0.0817. The number of rotatable bonds is 4. The molecular formula is C14H15NO4S2. The van der Waals surface area contributed by atoms with Crippen LogP contribution in [0.1, 0.15) is 0 Å². The second kappa shape index (κ2) is 5.50. The zero-order chi connectivity index (χ0) is 15.7. The van der Waals surface area contributed by atoms with Crippen LogP contribution in [0.25, 0.3) is 0 Å². The van der Waals surface area contributed by atoms with Gasteiger partial charge in [0.2, 0.25) is 0 Å². The Morgan fingerprint density at radius 2 is 1.38 bits per heavy atom. The van der Waals surface area contributed by atoms with E-state index in [1.165, 1.54) is 31.3 Å². The van der Waals surface area contributed by atoms with Crippen LogP contribution in [0.15, 0.2) is 64.4 Å². The van der Waals surface area contributed by atoms with Crippen LogP contribution in [0.4, 0.5) is 5.69 Å². The molecule has 0 heterocycles. The van der Waals surface area contributed by atoms with Crippen LogP contribution < -0.4 is 4.31 Å². The zero-order valence-corrected chi connectivity index (χ0v) is 13.2. The molecule has 0 spiro atoms. The van der Waals surface area contributed by atoms with Gasteiger partial charge < -0.3 is 0 Å². The molecule has 2 aromatic rings. The minimum atomic E-state index is -3.81. The molecule has 0 unspecified atom stereocenters. The standard InChI is InChI=1S/C14H15NO4S2/c1-15(12-7-4-3-5-8-12)21(18,19)14-10-6-9-13(11-14)20(2,16)17/h3-11H,1-2H3. The van der Waals surface area contributed by atoms with Gasteiger partial charge in [-0.15, -0.1) is 0 Å². The van der Waals surface area contributed by atoms with Gasteiger partial charge in [0.15, 0.2) is 9.84 Å². The van der Waals surface area contributed by atoms with Crippen LogP contribution in [-0.2, 0) is 19.9 Å². The molecule has 2 aromatic carbocycles. The van der Waals surface area contributed by atoms with Crippen molar-refractivity contribution >= 4 is 25.5 Å². The van der Waals surface area contributed by atoms with E-state index in [-0.39, 0.29) is 9.79 Å². The summed E-state index contributed by atoms with van der Waals surface area (Å²) in [6.45, 7) is 0. The summed E-state index contributed by atoms with van der Waals surface area (Å²) in [6, 6.07) is 13.9. The first-order valence-corrected chi connectivity index (χ1v) is 9.40. The van der Waals surface area contributed by atoms with Gasteiger partial charge in [0.1, 0.15) is 0 Å². The van der Waals surface area contributed by atoms with Crippen LogP contribution in [0, 0.1) is 0 Å². The van der Waals surface area contributed by atoms with E-state index in [0.29, 0.717) is 5.69 Å². The largest absolute Gasteiger partial charge is 0.269 e. The molecule has 0 radical (unpaired) electrons. The van der Waals surface area contributed by atoms with Crippen LogP contribution in [0.3, 0.4) is 0 Å². The highest BCUT2D eigenvalue weighted by molar-refractivity contribution is 7.93. The van der Waals surface area contributed by atoms with E-state index in [1.54, 1.807) is 30.3 Å². The Bertz CT molecular complexity index is 844. The molecule has 0 fully saturated rings. The number of para-hydroxylation sites is 1. The lowest BCUT2D eigenvalue weighted by Crippen LogP contribution is -2.26. The average Bonchev–Trinajstić information content (AvgIpc) is 2.46. The highest BCUT2D eigenvalue weighted by atomic mass is 32.2. The molecule has 0 aromatic heterocycles. The molecule has 0 saturated carbocycles. The van der Waals surface area contributed by atoms with E-state index in [4.69, 9.17) is 0 Å². The summed E-state index contributed by atoms with van der Waals surface area (Å²) in [5.41, 5.74) is 0.502. The minimum absolute atomic E-state index is 0.0231. The fraction of sp³-hybridized carbons (Fsp3) is 0.143. The maximum absolute atomic E-state index is 12.5. The van der Waals surface area contributed by atoms with Gasteiger partial charge in [0.05, 0.1) is 15.5 Å². The molecule has 0 saturated heterocycles. The molecule has 0 aliphatic heterocycles. The van der Waals surface area contributed by atoms with Gasteiger partial charge in [0.25, 0.3) is 10.0 Å². The number of anilines is 1. The molecule has 21 heavy (non-hydrogen) atoms. The predicted molar refractivity (Wildman–Crippen MR) is 81.6 cm³/mol. The highest BCUT2D eigenvalue weighted by Gasteiger charge is 2.22. The maximum atomic E-state index is 12.5. The van der Waals surface area contributed by atoms with Gasteiger partial charge in [0, 0.05) is 13.3 Å². The first kappa shape index (κ1) is 15.5. The van der Waals surface area contributed by atoms with Crippen molar-refractivity contribution in [1.29, 1.82) is 0 Å². The summed E-state index contributed by atoms with van der Waals surface area (Å²) in [6.07, 6.45) is 1.04. The Balaban J connectivity index is 2.50. The second-order valence-corrected chi connectivity index (χ2v) is 8.54. The number of nitrogens with zero attached hydrogens (tertiary/aromatic N) is 1. The van der Waals surface area contributed by atoms with Crippen molar-refractivity contribution in [2.75, 3.05) is 17.6 Å². The minimum Gasteiger partial charge on any atom is -0.269 e. The molecule has 0 aliphatic rings. The number of sulfone groups is 1. The lowest BCUT2D eigenvalue weighted by molar-refractivity contribution is 0.594. The fourth-order valence-electron chi connectivity index (χ4n) is 1.80. The van der Waals surface area contributed by atoms with Gasteiger partial charge in [-0.2, -0.15) is 0 Å². The maximum Gasteiger partial charge on any atom is 0.264 e. The number of sulfonamides is 1. The Morgan fingerprint density at radius 1 is 0.810 bits per heavy atom. The number of hydrogen-bond donors (Lipinski definition) is 0. The van der Waals surface area contributed by atoms with E-state index in [9.17, 15) is 16.8 Å². The Morgan fingerprint density at radius 3 is 1.95 bits per heavy atom. The quantitative estimate of drug-likeness (QED) is 0.861. The predicted octanol–water partition coefficient (Wildman–Crippen LogP) is 1.92. The average molecular weight is 325 g/mol. The molecule has 0 aliphatic carbocycles. The van der Waals surface area contributed by atoms with E-state index in [0.717, 1.165) is 10.6 Å². The van der Waals surface area contributed by atoms with E-state index in [2.05, 4.69) is 0 Å². The van der Waals surface area contributed by atoms with E-state index in [1.807, 2.05) is 0 Å². The van der Waals surface area contributed by atoms with E-state index >= 15 is 0 Å². The van der Waals surface area contributed by atoms with Gasteiger partial charge in [-0.25, -0.2) is 16.8 Å². The summed E-state index contributed by atoms with van der Waals surface area (Å²) in [5.74, 6) is 0. The lowest BCUT2D eigenvalue weighted by Gasteiger charge is -2.19. The third-order valence-electron chi connectivity index (χ3n) is 3.01. The fourth-order valence-corrected chi connectivity index (χ4v) is 3.78. The molecular weight excluding hydrogens is 310 g/mol. The van der Waals surface area contributed by atoms with Gasteiger partial charge in [-0.1, -0.05) is 24.3 Å².